The van der Waals surface area contributed by atoms with Gasteiger partial charge in [0.1, 0.15) is 0 Å². The fourth-order valence-electron chi connectivity index (χ4n) is 2.54. The van der Waals surface area contributed by atoms with Gasteiger partial charge in [-0.3, -0.25) is 4.79 Å². The van der Waals surface area contributed by atoms with E-state index in [4.69, 9.17) is 11.6 Å². The molecule has 1 heterocycles. The second-order valence-electron chi connectivity index (χ2n) is 4.94. The van der Waals surface area contributed by atoms with Crippen LogP contribution in [0.15, 0.2) is 22.7 Å². The van der Waals surface area contributed by atoms with Crippen LogP contribution in [0.3, 0.4) is 0 Å². The van der Waals surface area contributed by atoms with Gasteiger partial charge in [-0.2, -0.15) is 0 Å². The first kappa shape index (κ1) is 14.8. The topological polar surface area (TPSA) is 32.3 Å². The summed E-state index contributed by atoms with van der Waals surface area (Å²) < 4.78 is 0.879. The Bertz CT molecular complexity index is 465. The minimum Gasteiger partial charge on any atom is -0.338 e. The monoisotopic (exact) mass is 344 g/mol. The molecule has 1 saturated heterocycles. The Hall–Kier alpha value is -0.580. The zero-order valence-corrected chi connectivity index (χ0v) is 13.3. The summed E-state index contributed by atoms with van der Waals surface area (Å²) in [5.41, 5.74) is 0.584. The van der Waals surface area contributed by atoms with Gasteiger partial charge in [-0.25, -0.2) is 0 Å². The molecular weight excluding hydrogens is 328 g/mol. The molecule has 1 fully saturated rings. The van der Waals surface area contributed by atoms with Gasteiger partial charge < -0.3 is 10.2 Å². The molecule has 1 atom stereocenters. The molecule has 0 aromatic heterocycles. The van der Waals surface area contributed by atoms with Crippen molar-refractivity contribution in [1.82, 2.24) is 10.2 Å². The summed E-state index contributed by atoms with van der Waals surface area (Å²) in [5, 5.41) is 3.70. The maximum absolute atomic E-state index is 12.5. The van der Waals surface area contributed by atoms with Crippen LogP contribution in [0.5, 0.6) is 0 Å². The lowest BCUT2D eigenvalue weighted by molar-refractivity contribution is 0.0674. The van der Waals surface area contributed by atoms with Gasteiger partial charge in [0.05, 0.1) is 10.6 Å². The van der Waals surface area contributed by atoms with E-state index in [-0.39, 0.29) is 5.91 Å². The number of nitrogens with one attached hydrogen (secondary N) is 1. The zero-order valence-electron chi connectivity index (χ0n) is 11.0. The number of piperidine rings is 1. The molecule has 0 radical (unpaired) electrons. The van der Waals surface area contributed by atoms with Crippen LogP contribution < -0.4 is 5.32 Å². The summed E-state index contributed by atoms with van der Waals surface area (Å²) in [4.78, 5) is 14.4. The van der Waals surface area contributed by atoms with E-state index in [2.05, 4.69) is 21.2 Å². The minimum absolute atomic E-state index is 0.0344. The van der Waals surface area contributed by atoms with Gasteiger partial charge in [-0.05, 0) is 50.6 Å². The van der Waals surface area contributed by atoms with Crippen molar-refractivity contribution in [3.63, 3.8) is 0 Å². The van der Waals surface area contributed by atoms with Gasteiger partial charge in [0.2, 0.25) is 0 Å². The third kappa shape index (κ3) is 3.71. The fraction of sp³-hybridized carbons (Fsp3) is 0.500. The molecule has 0 aliphatic carbocycles. The Balaban J connectivity index is 2.12. The van der Waals surface area contributed by atoms with Crippen LogP contribution in [0.25, 0.3) is 0 Å². The average molecular weight is 346 g/mol. The van der Waals surface area contributed by atoms with Crippen molar-refractivity contribution < 1.29 is 4.79 Å². The molecule has 1 aliphatic heterocycles. The molecule has 0 unspecified atom stereocenters. The molecule has 104 valence electrons. The van der Waals surface area contributed by atoms with Crippen LogP contribution in [-0.4, -0.2) is 37.5 Å². The van der Waals surface area contributed by atoms with Gasteiger partial charge in [-0.1, -0.05) is 27.5 Å². The van der Waals surface area contributed by atoms with E-state index in [0.29, 0.717) is 16.5 Å². The standard InChI is InChI=1S/C14H18BrClN2O/c1-17-8-10-3-2-6-18(9-10)14(19)12-7-11(15)4-5-13(12)16/h4-5,7,10,17H,2-3,6,8-9H2,1H3/t10-/m1/s1. The summed E-state index contributed by atoms with van der Waals surface area (Å²) in [5.74, 6) is 0.570. The van der Waals surface area contributed by atoms with Crippen molar-refractivity contribution in [2.45, 2.75) is 12.8 Å². The van der Waals surface area contributed by atoms with Crippen molar-refractivity contribution >= 4 is 33.4 Å². The van der Waals surface area contributed by atoms with Crippen LogP contribution in [0.2, 0.25) is 5.02 Å². The maximum atomic E-state index is 12.5. The third-order valence-corrected chi connectivity index (χ3v) is 4.28. The Morgan fingerprint density at radius 2 is 2.37 bits per heavy atom. The first-order valence-electron chi connectivity index (χ1n) is 6.50. The molecule has 3 nitrogen and oxygen atoms in total. The van der Waals surface area contributed by atoms with E-state index >= 15 is 0 Å². The highest BCUT2D eigenvalue weighted by Crippen LogP contribution is 2.24. The smallest absolute Gasteiger partial charge is 0.255 e. The maximum Gasteiger partial charge on any atom is 0.255 e. The van der Waals surface area contributed by atoms with Crippen LogP contribution in [-0.2, 0) is 0 Å². The summed E-state index contributed by atoms with van der Waals surface area (Å²) in [6.45, 7) is 2.58. The highest BCUT2D eigenvalue weighted by atomic mass is 79.9. The van der Waals surface area contributed by atoms with Crippen molar-refractivity contribution in [3.05, 3.63) is 33.3 Å². The largest absolute Gasteiger partial charge is 0.338 e. The average Bonchev–Trinajstić information content (AvgIpc) is 2.41. The predicted molar refractivity (Wildman–Crippen MR) is 81.7 cm³/mol. The predicted octanol–water partition coefficient (Wildman–Crippen LogP) is 3.17. The number of nitrogens with zero attached hydrogens (tertiary/aromatic N) is 1. The number of hydrogen-bond donors (Lipinski definition) is 1. The van der Waals surface area contributed by atoms with Crippen LogP contribution in [0, 0.1) is 5.92 Å². The number of carbonyl (C=O) groups is 1. The van der Waals surface area contributed by atoms with Gasteiger partial charge in [-0.15, -0.1) is 0 Å². The number of hydrogen-bond acceptors (Lipinski definition) is 2. The lowest BCUT2D eigenvalue weighted by Gasteiger charge is -2.33. The minimum atomic E-state index is 0.0344. The zero-order chi connectivity index (χ0) is 13.8. The number of rotatable bonds is 3. The molecule has 1 N–H and O–H groups in total. The van der Waals surface area contributed by atoms with Gasteiger partial charge in [0.15, 0.2) is 0 Å². The lowest BCUT2D eigenvalue weighted by Crippen LogP contribution is -2.42. The van der Waals surface area contributed by atoms with E-state index in [1.54, 1.807) is 12.1 Å². The number of likely N-dealkylation sites (tertiary alicyclic amines) is 1. The molecule has 0 spiro atoms. The van der Waals surface area contributed by atoms with Crippen LogP contribution >= 0.6 is 27.5 Å². The summed E-state index contributed by atoms with van der Waals surface area (Å²) in [6, 6.07) is 5.40. The number of benzene rings is 1. The molecule has 1 aliphatic rings. The Morgan fingerprint density at radius 3 is 3.11 bits per heavy atom. The fourth-order valence-corrected chi connectivity index (χ4v) is 3.10. The summed E-state index contributed by atoms with van der Waals surface area (Å²) in [6.07, 6.45) is 2.24. The molecule has 1 aromatic carbocycles. The Morgan fingerprint density at radius 1 is 1.58 bits per heavy atom. The Labute approximate surface area is 127 Å². The highest BCUT2D eigenvalue weighted by molar-refractivity contribution is 9.10. The molecule has 1 amide bonds. The van der Waals surface area contributed by atoms with Crippen molar-refractivity contribution in [2.75, 3.05) is 26.7 Å². The number of halogens is 2. The van der Waals surface area contributed by atoms with E-state index in [1.165, 1.54) is 6.42 Å². The quantitative estimate of drug-likeness (QED) is 0.912. The Kier molecular flexibility index (Phi) is 5.25. The second-order valence-corrected chi connectivity index (χ2v) is 6.26. The summed E-state index contributed by atoms with van der Waals surface area (Å²) >= 11 is 9.51. The van der Waals surface area contributed by atoms with E-state index < -0.39 is 0 Å². The lowest BCUT2D eigenvalue weighted by atomic mass is 9.97. The number of amides is 1. The first-order chi connectivity index (χ1) is 9.11. The number of carbonyl (C=O) groups excluding carboxylic acids is 1. The normalized spacial score (nSPS) is 19.5. The molecule has 1 aromatic rings. The van der Waals surface area contributed by atoms with E-state index in [1.807, 2.05) is 18.0 Å². The molecule has 0 bridgehead atoms. The van der Waals surface area contributed by atoms with Gasteiger partial charge in [0.25, 0.3) is 5.91 Å². The second kappa shape index (κ2) is 6.73. The highest BCUT2D eigenvalue weighted by Gasteiger charge is 2.25. The van der Waals surface area contributed by atoms with Crippen LogP contribution in [0.1, 0.15) is 23.2 Å². The van der Waals surface area contributed by atoms with E-state index in [9.17, 15) is 4.79 Å². The molecular formula is C14H18BrClN2O. The van der Waals surface area contributed by atoms with Gasteiger partial charge >= 0.3 is 0 Å². The SMILES string of the molecule is CNC[C@H]1CCCN(C(=O)c2cc(Br)ccc2Cl)C1. The van der Waals surface area contributed by atoms with E-state index in [0.717, 1.165) is 30.5 Å². The van der Waals surface area contributed by atoms with Crippen LogP contribution in [0.4, 0.5) is 0 Å². The van der Waals surface area contributed by atoms with Crippen molar-refractivity contribution in [3.8, 4) is 0 Å². The molecule has 2 rings (SSSR count). The van der Waals surface area contributed by atoms with Gasteiger partial charge in [0, 0.05) is 17.6 Å². The summed E-state index contributed by atoms with van der Waals surface area (Å²) in [7, 11) is 1.95. The van der Waals surface area contributed by atoms with Crippen molar-refractivity contribution in [1.29, 1.82) is 0 Å². The third-order valence-electron chi connectivity index (χ3n) is 3.46. The molecule has 5 heteroatoms. The first-order valence-corrected chi connectivity index (χ1v) is 7.68. The molecule has 0 saturated carbocycles. The molecule has 19 heavy (non-hydrogen) atoms. The van der Waals surface area contributed by atoms with Crippen molar-refractivity contribution in [2.24, 2.45) is 5.92 Å².